The fourth-order valence-corrected chi connectivity index (χ4v) is 3.52. The summed E-state index contributed by atoms with van der Waals surface area (Å²) in [5, 5.41) is 14.9. The molecule has 2 N–H and O–H groups in total. The molecule has 0 aliphatic rings. The number of thiophene rings is 1. The second kappa shape index (κ2) is 8.51. The predicted octanol–water partition coefficient (Wildman–Crippen LogP) is 4.69. The molecule has 0 aliphatic heterocycles. The van der Waals surface area contributed by atoms with Crippen molar-refractivity contribution >= 4 is 28.9 Å². The number of carboxylic acids is 1. The van der Waals surface area contributed by atoms with Gasteiger partial charge in [0.1, 0.15) is 5.75 Å². The van der Waals surface area contributed by atoms with Crippen LogP contribution >= 0.6 is 11.3 Å². The first-order chi connectivity index (χ1) is 13.1. The van der Waals surface area contributed by atoms with Gasteiger partial charge in [-0.3, -0.25) is 4.79 Å². The second-order valence-corrected chi connectivity index (χ2v) is 6.69. The molecule has 0 spiro atoms. The van der Waals surface area contributed by atoms with E-state index in [0.29, 0.717) is 12.1 Å². The number of methoxy groups -OCH3 is 1. The van der Waals surface area contributed by atoms with Crippen molar-refractivity contribution in [2.24, 2.45) is 0 Å². The normalized spacial score (nSPS) is 10.4. The lowest BCUT2D eigenvalue weighted by Crippen LogP contribution is -2.14. The van der Waals surface area contributed by atoms with Crippen LogP contribution < -0.4 is 10.1 Å². The highest BCUT2D eigenvalue weighted by atomic mass is 32.1. The molecule has 6 heteroatoms. The molecule has 0 aliphatic carbocycles. The molecule has 27 heavy (non-hydrogen) atoms. The fourth-order valence-electron chi connectivity index (χ4n) is 2.76. The Bertz CT molecular complexity index is 947. The number of nitrogens with one attached hydrogen (secondary N) is 1. The quantitative estimate of drug-likeness (QED) is 0.622. The molecule has 0 unspecified atom stereocenters. The number of ether oxygens (including phenoxy) is 1. The topological polar surface area (TPSA) is 75.6 Å². The van der Waals surface area contributed by atoms with Crippen LogP contribution in [0.3, 0.4) is 0 Å². The summed E-state index contributed by atoms with van der Waals surface area (Å²) in [5.41, 5.74) is 3.57. The molecule has 0 bridgehead atoms. The number of carboxylic acid groups (broad SMARTS) is 1. The number of carbonyl (C=O) groups is 2. The number of para-hydroxylation sites is 1. The number of rotatable bonds is 7. The molecule has 5 nitrogen and oxygen atoms in total. The van der Waals surface area contributed by atoms with E-state index in [1.54, 1.807) is 12.5 Å². The van der Waals surface area contributed by atoms with E-state index < -0.39 is 5.97 Å². The van der Waals surface area contributed by atoms with Gasteiger partial charge in [-0.25, -0.2) is 4.79 Å². The number of aromatic carboxylic acids is 1. The number of hydrogen-bond acceptors (Lipinski definition) is 4. The molecular weight excluding hydrogens is 362 g/mol. The maximum absolute atomic E-state index is 12.1. The third kappa shape index (κ3) is 4.54. The Hall–Kier alpha value is -3.12. The molecule has 0 radical (unpaired) electrons. The van der Waals surface area contributed by atoms with Gasteiger partial charge in [0.15, 0.2) is 0 Å². The van der Waals surface area contributed by atoms with Crippen LogP contribution in [0.2, 0.25) is 0 Å². The SMILES string of the molecule is COc1ccccc1-c1ccc(CCC(=O)Nc2cscc2C(=O)O)cc1. The molecule has 2 aromatic carbocycles. The number of anilines is 1. The summed E-state index contributed by atoms with van der Waals surface area (Å²) in [6.07, 6.45) is 0.855. The number of carbonyl (C=O) groups excluding carboxylic acids is 1. The van der Waals surface area contributed by atoms with Crippen LogP contribution in [0.25, 0.3) is 11.1 Å². The van der Waals surface area contributed by atoms with Crippen molar-refractivity contribution in [1.29, 1.82) is 0 Å². The zero-order chi connectivity index (χ0) is 19.2. The minimum absolute atomic E-state index is 0.120. The van der Waals surface area contributed by atoms with Gasteiger partial charge in [-0.1, -0.05) is 42.5 Å². The van der Waals surface area contributed by atoms with E-state index in [9.17, 15) is 9.59 Å². The van der Waals surface area contributed by atoms with Gasteiger partial charge in [-0.2, -0.15) is 0 Å². The summed E-state index contributed by atoms with van der Waals surface area (Å²) in [7, 11) is 1.65. The Morgan fingerprint density at radius 1 is 1.07 bits per heavy atom. The molecule has 0 fully saturated rings. The molecule has 3 rings (SSSR count). The standard InChI is InChI=1S/C21H19NO4S/c1-26-19-5-3-2-4-16(19)15-9-6-14(7-10-15)8-11-20(23)22-18-13-27-12-17(18)21(24)25/h2-7,9-10,12-13H,8,11H2,1H3,(H,22,23)(H,24,25). The summed E-state index contributed by atoms with van der Waals surface area (Å²) >= 11 is 1.25. The minimum Gasteiger partial charge on any atom is -0.496 e. The maximum atomic E-state index is 12.1. The van der Waals surface area contributed by atoms with Crippen LogP contribution in [0.15, 0.2) is 59.3 Å². The van der Waals surface area contributed by atoms with E-state index in [0.717, 1.165) is 22.4 Å². The average Bonchev–Trinajstić information content (AvgIpc) is 3.15. The Morgan fingerprint density at radius 3 is 2.52 bits per heavy atom. The van der Waals surface area contributed by atoms with E-state index in [4.69, 9.17) is 9.84 Å². The van der Waals surface area contributed by atoms with Gasteiger partial charge in [0, 0.05) is 22.7 Å². The van der Waals surface area contributed by atoms with Crippen LogP contribution in [0.1, 0.15) is 22.3 Å². The van der Waals surface area contributed by atoms with Crippen molar-refractivity contribution in [2.45, 2.75) is 12.8 Å². The van der Waals surface area contributed by atoms with Gasteiger partial charge in [0.2, 0.25) is 5.91 Å². The van der Waals surface area contributed by atoms with Crippen LogP contribution in [0.5, 0.6) is 5.75 Å². The van der Waals surface area contributed by atoms with Crippen molar-refractivity contribution in [3.8, 4) is 16.9 Å². The Balaban J connectivity index is 1.61. The highest BCUT2D eigenvalue weighted by molar-refractivity contribution is 7.08. The highest BCUT2D eigenvalue weighted by Crippen LogP contribution is 2.29. The van der Waals surface area contributed by atoms with Gasteiger partial charge in [0.25, 0.3) is 0 Å². The molecule has 3 aromatic rings. The van der Waals surface area contributed by atoms with E-state index in [1.165, 1.54) is 16.7 Å². The second-order valence-electron chi connectivity index (χ2n) is 5.95. The molecule has 0 atom stereocenters. The lowest BCUT2D eigenvalue weighted by atomic mass is 10.0. The summed E-state index contributed by atoms with van der Waals surface area (Å²) in [4.78, 5) is 23.2. The van der Waals surface area contributed by atoms with Crippen LogP contribution in [-0.2, 0) is 11.2 Å². The molecule has 138 valence electrons. The lowest BCUT2D eigenvalue weighted by molar-refractivity contribution is -0.116. The smallest absolute Gasteiger partial charge is 0.338 e. The molecule has 0 saturated heterocycles. The summed E-state index contributed by atoms with van der Waals surface area (Å²) in [6.45, 7) is 0. The number of benzene rings is 2. The first-order valence-corrected chi connectivity index (χ1v) is 9.34. The first-order valence-electron chi connectivity index (χ1n) is 8.40. The van der Waals surface area contributed by atoms with E-state index >= 15 is 0 Å². The molecule has 1 heterocycles. The monoisotopic (exact) mass is 381 g/mol. The molecular formula is C21H19NO4S. The molecule has 1 aromatic heterocycles. The number of amides is 1. The van der Waals surface area contributed by atoms with E-state index in [2.05, 4.69) is 5.32 Å². The Morgan fingerprint density at radius 2 is 1.81 bits per heavy atom. The van der Waals surface area contributed by atoms with Crippen molar-refractivity contribution in [2.75, 3.05) is 12.4 Å². The number of hydrogen-bond donors (Lipinski definition) is 2. The van der Waals surface area contributed by atoms with Crippen molar-refractivity contribution in [3.05, 3.63) is 70.4 Å². The predicted molar refractivity (Wildman–Crippen MR) is 107 cm³/mol. The molecule has 1 amide bonds. The third-order valence-corrected chi connectivity index (χ3v) is 4.92. The third-order valence-electron chi connectivity index (χ3n) is 4.18. The van der Waals surface area contributed by atoms with Gasteiger partial charge in [0.05, 0.1) is 18.4 Å². The van der Waals surface area contributed by atoms with Crippen LogP contribution in [-0.4, -0.2) is 24.1 Å². The zero-order valence-corrected chi connectivity index (χ0v) is 15.6. The van der Waals surface area contributed by atoms with Crippen molar-refractivity contribution in [3.63, 3.8) is 0 Å². The molecule has 0 saturated carbocycles. The van der Waals surface area contributed by atoms with Gasteiger partial charge in [-0.15, -0.1) is 11.3 Å². The van der Waals surface area contributed by atoms with Crippen LogP contribution in [0, 0.1) is 0 Å². The summed E-state index contributed by atoms with van der Waals surface area (Å²) < 4.78 is 5.39. The first kappa shape index (κ1) is 18.7. The largest absolute Gasteiger partial charge is 0.496 e. The van der Waals surface area contributed by atoms with E-state index in [-0.39, 0.29) is 17.9 Å². The summed E-state index contributed by atoms with van der Waals surface area (Å²) in [6, 6.07) is 15.8. The maximum Gasteiger partial charge on any atom is 0.338 e. The summed E-state index contributed by atoms with van der Waals surface area (Å²) in [5.74, 6) is -0.433. The van der Waals surface area contributed by atoms with Gasteiger partial charge < -0.3 is 15.2 Å². The fraction of sp³-hybridized carbons (Fsp3) is 0.143. The number of aryl methyl sites for hydroxylation is 1. The Labute approximate surface area is 161 Å². The minimum atomic E-state index is -1.04. The van der Waals surface area contributed by atoms with Crippen LogP contribution in [0.4, 0.5) is 5.69 Å². The van der Waals surface area contributed by atoms with Crippen molar-refractivity contribution in [1.82, 2.24) is 0 Å². The Kier molecular flexibility index (Phi) is 5.88. The van der Waals surface area contributed by atoms with Gasteiger partial charge >= 0.3 is 5.97 Å². The average molecular weight is 381 g/mol. The lowest BCUT2D eigenvalue weighted by Gasteiger charge is -2.09. The van der Waals surface area contributed by atoms with E-state index in [1.807, 2.05) is 48.5 Å². The van der Waals surface area contributed by atoms with Crippen molar-refractivity contribution < 1.29 is 19.4 Å². The van der Waals surface area contributed by atoms with Gasteiger partial charge in [-0.05, 0) is 23.6 Å². The highest BCUT2D eigenvalue weighted by Gasteiger charge is 2.13. The zero-order valence-electron chi connectivity index (χ0n) is 14.8.